The summed E-state index contributed by atoms with van der Waals surface area (Å²) in [5.41, 5.74) is 0. The lowest BCUT2D eigenvalue weighted by atomic mass is 9.89. The third-order valence-corrected chi connectivity index (χ3v) is 5.98. The topological polar surface area (TPSA) is 30.5 Å². The predicted octanol–water partition coefficient (Wildman–Crippen LogP) is 3.81. The first-order valence-electron chi connectivity index (χ1n) is 7.64. The highest BCUT2D eigenvalue weighted by molar-refractivity contribution is 9.10. The van der Waals surface area contributed by atoms with Crippen LogP contribution in [-0.4, -0.2) is 36.8 Å². The molecule has 0 radical (unpaired) electrons. The Kier molecular flexibility index (Phi) is 5.27. The van der Waals surface area contributed by atoms with Crippen molar-refractivity contribution >= 4 is 27.7 Å². The molecule has 1 heterocycles. The summed E-state index contributed by atoms with van der Waals surface area (Å²) in [6.45, 7) is 4.66. The summed E-state index contributed by atoms with van der Waals surface area (Å²) in [7, 11) is 0. The van der Waals surface area contributed by atoms with Crippen molar-refractivity contribution in [3.8, 4) is 0 Å². The molecular weight excluding hydrogens is 350 g/mol. The Balaban J connectivity index is 1.73. The number of rotatable bonds is 4. The number of hydrogen-bond donors (Lipinski definition) is 1. The summed E-state index contributed by atoms with van der Waals surface area (Å²) >= 11 is 5.49. The molecule has 0 bridgehead atoms. The first kappa shape index (κ1) is 15.8. The summed E-state index contributed by atoms with van der Waals surface area (Å²) in [5, 5.41) is 4.11. The summed E-state index contributed by atoms with van der Waals surface area (Å²) < 4.78 is 13.0. The van der Waals surface area contributed by atoms with Gasteiger partial charge in [0.2, 0.25) is 0 Å². The molecule has 1 spiro atoms. The van der Waals surface area contributed by atoms with E-state index < -0.39 is 0 Å². The summed E-state index contributed by atoms with van der Waals surface area (Å²) in [5.74, 6) is -0.324. The van der Waals surface area contributed by atoms with Crippen molar-refractivity contribution in [1.29, 1.82) is 0 Å². The molecule has 3 nitrogen and oxygen atoms in total. The van der Waals surface area contributed by atoms with Gasteiger partial charge >= 0.3 is 0 Å². The van der Waals surface area contributed by atoms with Crippen LogP contribution in [0.5, 0.6) is 0 Å². The van der Waals surface area contributed by atoms with Gasteiger partial charge in [-0.1, -0.05) is 28.9 Å². The number of benzene rings is 1. The number of thioether (sulfide) groups is 1. The molecule has 2 aliphatic rings. The van der Waals surface area contributed by atoms with Gasteiger partial charge in [0, 0.05) is 33.5 Å². The molecule has 1 saturated heterocycles. The van der Waals surface area contributed by atoms with Gasteiger partial charge in [0.15, 0.2) is 5.79 Å². The van der Waals surface area contributed by atoms with Crippen LogP contribution < -0.4 is 5.32 Å². The molecule has 3 rings (SSSR count). The van der Waals surface area contributed by atoms with Crippen LogP contribution >= 0.6 is 27.7 Å². The van der Waals surface area contributed by atoms with E-state index in [0.717, 1.165) is 43.5 Å². The van der Waals surface area contributed by atoms with Gasteiger partial charge < -0.3 is 14.8 Å². The van der Waals surface area contributed by atoms with Gasteiger partial charge in [-0.3, -0.25) is 0 Å². The number of ether oxygens (including phenoxy) is 2. The zero-order valence-electron chi connectivity index (χ0n) is 12.3. The van der Waals surface area contributed by atoms with Gasteiger partial charge in [-0.15, -0.1) is 11.8 Å². The van der Waals surface area contributed by atoms with E-state index in [1.54, 1.807) is 0 Å². The van der Waals surface area contributed by atoms with E-state index in [9.17, 15) is 0 Å². The van der Waals surface area contributed by atoms with Gasteiger partial charge in [-0.05, 0) is 31.2 Å². The molecule has 1 N–H and O–H groups in total. The van der Waals surface area contributed by atoms with E-state index in [1.165, 1.54) is 4.90 Å². The van der Waals surface area contributed by atoms with Crippen LogP contribution in [0.1, 0.15) is 26.2 Å². The Morgan fingerprint density at radius 3 is 2.90 bits per heavy atom. The minimum Gasteiger partial charge on any atom is -0.347 e. The number of hydrogen-bond acceptors (Lipinski definition) is 4. The van der Waals surface area contributed by atoms with Gasteiger partial charge in [0.05, 0.1) is 13.2 Å². The normalized spacial score (nSPS) is 28.1. The maximum absolute atomic E-state index is 5.93. The fraction of sp³-hybridized carbons (Fsp3) is 0.625. The molecule has 1 aromatic rings. The van der Waals surface area contributed by atoms with E-state index in [-0.39, 0.29) is 5.79 Å². The Bertz CT molecular complexity index is 479. The highest BCUT2D eigenvalue weighted by atomic mass is 79.9. The van der Waals surface area contributed by atoms with Gasteiger partial charge in [-0.2, -0.15) is 0 Å². The monoisotopic (exact) mass is 371 g/mol. The van der Waals surface area contributed by atoms with E-state index in [2.05, 4.69) is 52.4 Å². The van der Waals surface area contributed by atoms with Crippen LogP contribution in [0.25, 0.3) is 0 Å². The second kappa shape index (κ2) is 7.01. The van der Waals surface area contributed by atoms with Gasteiger partial charge in [0.25, 0.3) is 0 Å². The summed E-state index contributed by atoms with van der Waals surface area (Å²) in [4.78, 5) is 1.30. The molecule has 0 aromatic heterocycles. The first-order chi connectivity index (χ1) is 10.2. The van der Waals surface area contributed by atoms with E-state index >= 15 is 0 Å². The third kappa shape index (κ3) is 3.82. The highest BCUT2D eigenvalue weighted by Crippen LogP contribution is 2.42. The average molecular weight is 372 g/mol. The molecule has 1 aliphatic heterocycles. The molecular formula is C16H22BrNO2S. The maximum atomic E-state index is 5.93. The lowest BCUT2D eigenvalue weighted by molar-refractivity contribution is -0.178. The Hall–Kier alpha value is -0.0700. The van der Waals surface area contributed by atoms with Crippen molar-refractivity contribution in [3.63, 3.8) is 0 Å². The van der Waals surface area contributed by atoms with Crippen LogP contribution in [0.2, 0.25) is 0 Å². The summed E-state index contributed by atoms with van der Waals surface area (Å²) in [6.07, 6.45) is 3.07. The predicted molar refractivity (Wildman–Crippen MR) is 89.7 cm³/mol. The highest BCUT2D eigenvalue weighted by Gasteiger charge is 2.45. The molecule has 116 valence electrons. The number of nitrogens with one attached hydrogen (secondary N) is 1. The molecule has 2 fully saturated rings. The fourth-order valence-electron chi connectivity index (χ4n) is 3.21. The van der Waals surface area contributed by atoms with Gasteiger partial charge in [-0.25, -0.2) is 0 Å². The fourth-order valence-corrected chi connectivity index (χ4v) is 5.19. The zero-order valence-corrected chi connectivity index (χ0v) is 14.7. The van der Waals surface area contributed by atoms with Crippen molar-refractivity contribution in [1.82, 2.24) is 5.32 Å². The van der Waals surface area contributed by atoms with Crippen LogP contribution in [0.3, 0.4) is 0 Å². The first-order valence-corrected chi connectivity index (χ1v) is 9.31. The van der Waals surface area contributed by atoms with Crippen molar-refractivity contribution < 1.29 is 9.47 Å². The molecule has 1 aliphatic carbocycles. The lowest BCUT2D eigenvalue weighted by Gasteiger charge is -2.41. The Morgan fingerprint density at radius 2 is 2.19 bits per heavy atom. The molecule has 1 saturated carbocycles. The maximum Gasteiger partial charge on any atom is 0.169 e. The Morgan fingerprint density at radius 1 is 1.38 bits per heavy atom. The molecule has 5 heteroatoms. The largest absolute Gasteiger partial charge is 0.347 e. The SMILES string of the molecule is CCNC1CCC2(CC1Sc1cccc(Br)c1)OCCO2. The van der Waals surface area contributed by atoms with Crippen LogP contribution in [0, 0.1) is 0 Å². The van der Waals surface area contributed by atoms with Gasteiger partial charge in [0.1, 0.15) is 0 Å². The summed E-state index contributed by atoms with van der Waals surface area (Å²) in [6, 6.07) is 9.05. The van der Waals surface area contributed by atoms with Crippen molar-refractivity contribution in [2.45, 2.75) is 48.2 Å². The molecule has 21 heavy (non-hydrogen) atoms. The zero-order chi connectivity index (χ0) is 14.7. The molecule has 1 aromatic carbocycles. The second-order valence-corrected chi connectivity index (χ2v) is 7.86. The second-order valence-electron chi connectivity index (χ2n) is 5.63. The Labute approximate surface area is 139 Å². The molecule has 0 amide bonds. The minimum atomic E-state index is -0.324. The number of halogens is 1. The smallest absolute Gasteiger partial charge is 0.169 e. The average Bonchev–Trinajstić information content (AvgIpc) is 2.91. The van der Waals surface area contributed by atoms with Crippen molar-refractivity contribution in [2.75, 3.05) is 19.8 Å². The van der Waals surface area contributed by atoms with E-state index in [0.29, 0.717) is 11.3 Å². The van der Waals surface area contributed by atoms with E-state index in [1.807, 2.05) is 11.8 Å². The minimum absolute atomic E-state index is 0.324. The lowest BCUT2D eigenvalue weighted by Crippen LogP contribution is -2.49. The molecule has 2 unspecified atom stereocenters. The third-order valence-electron chi connectivity index (χ3n) is 4.16. The quantitative estimate of drug-likeness (QED) is 0.871. The standard InChI is InChI=1S/C16H22BrNO2S/c1-2-18-14-6-7-16(19-8-9-20-16)11-15(14)21-13-5-3-4-12(17)10-13/h3-5,10,14-15,18H,2,6-9,11H2,1H3. The van der Waals surface area contributed by atoms with Crippen molar-refractivity contribution in [2.24, 2.45) is 0 Å². The van der Waals surface area contributed by atoms with E-state index in [4.69, 9.17) is 9.47 Å². The van der Waals surface area contributed by atoms with Crippen LogP contribution in [-0.2, 0) is 9.47 Å². The van der Waals surface area contributed by atoms with Crippen LogP contribution in [0.4, 0.5) is 0 Å². The van der Waals surface area contributed by atoms with Crippen molar-refractivity contribution in [3.05, 3.63) is 28.7 Å². The molecule has 2 atom stereocenters. The van der Waals surface area contributed by atoms with Crippen LogP contribution in [0.15, 0.2) is 33.6 Å².